The van der Waals surface area contributed by atoms with Crippen molar-refractivity contribution in [2.24, 2.45) is 0 Å². The van der Waals surface area contributed by atoms with Crippen molar-refractivity contribution in [3.05, 3.63) is 60.4 Å². The molecule has 2 unspecified atom stereocenters. The Balaban J connectivity index is 1.58. The highest BCUT2D eigenvalue weighted by Crippen LogP contribution is 2.33. The van der Waals surface area contributed by atoms with E-state index in [9.17, 15) is 4.79 Å². The maximum Gasteiger partial charge on any atom is 0.233 e. The van der Waals surface area contributed by atoms with Gasteiger partial charge in [0.05, 0.1) is 12.4 Å². The minimum absolute atomic E-state index is 0.0365. The summed E-state index contributed by atoms with van der Waals surface area (Å²) < 4.78 is 13.6. The van der Waals surface area contributed by atoms with Crippen molar-refractivity contribution in [1.29, 1.82) is 0 Å². The predicted octanol–water partition coefficient (Wildman–Crippen LogP) is 4.96. The van der Waals surface area contributed by atoms with E-state index in [0.717, 1.165) is 18.5 Å². The minimum atomic E-state index is -0.397. The van der Waals surface area contributed by atoms with Gasteiger partial charge in [0.25, 0.3) is 0 Å². The molecule has 0 radical (unpaired) electrons. The molecule has 3 aromatic rings. The van der Waals surface area contributed by atoms with Gasteiger partial charge in [0, 0.05) is 11.7 Å². The Bertz CT molecular complexity index is 1070. The quantitative estimate of drug-likeness (QED) is 0.449. The number of hydrogen-bond acceptors (Lipinski definition) is 6. The molecule has 1 aromatic heterocycles. The summed E-state index contributed by atoms with van der Waals surface area (Å²) in [5.74, 6) is 1.97. The van der Waals surface area contributed by atoms with Gasteiger partial charge in [0.15, 0.2) is 28.6 Å². The lowest BCUT2D eigenvalue weighted by molar-refractivity contribution is -0.120. The molecule has 0 spiro atoms. The second kappa shape index (κ2) is 10.7. The maximum atomic E-state index is 12.8. The number of para-hydroxylation sites is 3. The number of ether oxygens (including phenoxy) is 2. The van der Waals surface area contributed by atoms with Gasteiger partial charge < -0.3 is 14.8 Å². The first-order valence-corrected chi connectivity index (χ1v) is 12.2. The molecule has 2 atom stereocenters. The zero-order chi connectivity index (χ0) is 23.2. The van der Waals surface area contributed by atoms with Crippen LogP contribution in [0.5, 0.6) is 11.5 Å². The Kier molecular flexibility index (Phi) is 7.54. The number of rotatable bonds is 9. The van der Waals surface area contributed by atoms with Crippen LogP contribution in [0.15, 0.2) is 59.8 Å². The van der Waals surface area contributed by atoms with Gasteiger partial charge in [-0.1, -0.05) is 54.9 Å². The monoisotopic (exact) mass is 466 g/mol. The Morgan fingerprint density at radius 1 is 1.03 bits per heavy atom. The SMILES string of the molecule is COc1ccccc1OC(C)c1nnc(SC(C)C(=O)NC2CCCC2)n1-c1ccccc1. The van der Waals surface area contributed by atoms with Crippen LogP contribution >= 0.6 is 11.8 Å². The number of nitrogens with zero attached hydrogens (tertiary/aromatic N) is 3. The summed E-state index contributed by atoms with van der Waals surface area (Å²) in [4.78, 5) is 12.8. The van der Waals surface area contributed by atoms with Gasteiger partial charge >= 0.3 is 0 Å². The number of methoxy groups -OCH3 is 1. The molecule has 1 saturated carbocycles. The molecule has 1 N–H and O–H groups in total. The summed E-state index contributed by atoms with van der Waals surface area (Å²) in [6.07, 6.45) is 4.09. The van der Waals surface area contributed by atoms with Crippen molar-refractivity contribution in [1.82, 2.24) is 20.1 Å². The predicted molar refractivity (Wildman–Crippen MR) is 129 cm³/mol. The van der Waals surface area contributed by atoms with E-state index in [-0.39, 0.29) is 17.2 Å². The fourth-order valence-electron chi connectivity index (χ4n) is 4.00. The number of carbonyl (C=O) groups excluding carboxylic acids is 1. The average Bonchev–Trinajstić information content (AvgIpc) is 3.50. The van der Waals surface area contributed by atoms with Crippen LogP contribution in [0.2, 0.25) is 0 Å². The molecule has 0 bridgehead atoms. The third-order valence-electron chi connectivity index (χ3n) is 5.76. The number of benzene rings is 2. The normalized spacial score (nSPS) is 15.7. The Labute approximate surface area is 198 Å². The van der Waals surface area contributed by atoms with Crippen LogP contribution in [-0.4, -0.2) is 39.1 Å². The molecule has 7 nitrogen and oxygen atoms in total. The minimum Gasteiger partial charge on any atom is -0.493 e. The van der Waals surface area contributed by atoms with Crippen molar-refractivity contribution in [2.75, 3.05) is 7.11 Å². The van der Waals surface area contributed by atoms with Crippen molar-refractivity contribution >= 4 is 17.7 Å². The van der Waals surface area contributed by atoms with Gasteiger partial charge in [-0.3, -0.25) is 9.36 Å². The summed E-state index contributed by atoms with van der Waals surface area (Å²) in [6.45, 7) is 3.84. The molecule has 0 aliphatic heterocycles. The lowest BCUT2D eigenvalue weighted by Gasteiger charge is -2.19. The largest absolute Gasteiger partial charge is 0.493 e. The maximum absolute atomic E-state index is 12.8. The zero-order valence-corrected chi connectivity index (χ0v) is 20.0. The van der Waals surface area contributed by atoms with Gasteiger partial charge in [-0.2, -0.15) is 0 Å². The zero-order valence-electron chi connectivity index (χ0n) is 19.2. The van der Waals surface area contributed by atoms with Gasteiger partial charge in [0.2, 0.25) is 5.91 Å². The van der Waals surface area contributed by atoms with E-state index < -0.39 is 6.10 Å². The van der Waals surface area contributed by atoms with Crippen LogP contribution in [0.3, 0.4) is 0 Å². The third-order valence-corrected chi connectivity index (χ3v) is 6.80. The molecule has 0 saturated heterocycles. The van der Waals surface area contributed by atoms with Crippen LogP contribution in [0.25, 0.3) is 5.69 Å². The van der Waals surface area contributed by atoms with Gasteiger partial charge in [-0.25, -0.2) is 0 Å². The Morgan fingerprint density at radius 2 is 1.70 bits per heavy atom. The number of amides is 1. The standard InChI is InChI=1S/C25H30N4O3S/c1-17(32-22-16-10-9-15-21(22)31-3)23-27-28-25(29(23)20-13-5-4-6-14-20)33-18(2)24(30)26-19-11-7-8-12-19/h4-6,9-10,13-19H,7-8,11-12H2,1-3H3,(H,26,30). The van der Waals surface area contributed by atoms with E-state index in [1.54, 1.807) is 7.11 Å². The van der Waals surface area contributed by atoms with E-state index in [0.29, 0.717) is 22.5 Å². The fourth-order valence-corrected chi connectivity index (χ4v) is 4.88. The molecule has 4 rings (SSSR count). The van der Waals surface area contributed by atoms with Crippen LogP contribution in [-0.2, 0) is 4.79 Å². The second-order valence-electron chi connectivity index (χ2n) is 8.17. The van der Waals surface area contributed by atoms with Crippen LogP contribution < -0.4 is 14.8 Å². The molecule has 2 aromatic carbocycles. The molecule has 1 aliphatic rings. The molecule has 1 aliphatic carbocycles. The van der Waals surface area contributed by atoms with E-state index in [2.05, 4.69) is 15.5 Å². The first-order valence-electron chi connectivity index (χ1n) is 11.3. The molecule has 33 heavy (non-hydrogen) atoms. The van der Waals surface area contributed by atoms with Crippen LogP contribution in [0.4, 0.5) is 0 Å². The average molecular weight is 467 g/mol. The lowest BCUT2D eigenvalue weighted by atomic mass is 10.2. The number of nitrogens with one attached hydrogen (secondary N) is 1. The van der Waals surface area contributed by atoms with E-state index >= 15 is 0 Å². The number of hydrogen-bond donors (Lipinski definition) is 1. The summed E-state index contributed by atoms with van der Waals surface area (Å²) in [5.41, 5.74) is 0.916. The van der Waals surface area contributed by atoms with Crippen molar-refractivity contribution in [3.63, 3.8) is 0 Å². The molecular formula is C25H30N4O3S. The molecule has 1 fully saturated rings. The number of aromatic nitrogens is 3. The van der Waals surface area contributed by atoms with E-state index in [4.69, 9.17) is 9.47 Å². The second-order valence-corrected chi connectivity index (χ2v) is 9.48. The molecule has 8 heteroatoms. The van der Waals surface area contributed by atoms with Gasteiger partial charge in [-0.15, -0.1) is 10.2 Å². The van der Waals surface area contributed by atoms with E-state index in [1.165, 1.54) is 24.6 Å². The molecule has 1 heterocycles. The summed E-state index contributed by atoms with van der Waals surface area (Å²) in [7, 11) is 1.62. The Hall–Kier alpha value is -3.00. The van der Waals surface area contributed by atoms with Gasteiger partial charge in [0.1, 0.15) is 0 Å². The first kappa shape index (κ1) is 23.2. The van der Waals surface area contributed by atoms with Crippen molar-refractivity contribution < 1.29 is 14.3 Å². The third kappa shape index (κ3) is 5.50. The highest BCUT2D eigenvalue weighted by atomic mass is 32.2. The van der Waals surface area contributed by atoms with E-state index in [1.807, 2.05) is 73.0 Å². The highest BCUT2D eigenvalue weighted by Gasteiger charge is 2.26. The molecule has 174 valence electrons. The van der Waals surface area contributed by atoms with Crippen LogP contribution in [0.1, 0.15) is 51.5 Å². The number of carbonyl (C=O) groups is 1. The smallest absolute Gasteiger partial charge is 0.233 e. The summed E-state index contributed by atoms with van der Waals surface area (Å²) in [5, 5.41) is 12.4. The number of thioether (sulfide) groups is 1. The summed E-state index contributed by atoms with van der Waals surface area (Å²) in [6, 6.07) is 17.7. The topological polar surface area (TPSA) is 78.3 Å². The van der Waals surface area contributed by atoms with Crippen LogP contribution in [0, 0.1) is 0 Å². The fraction of sp³-hybridized carbons (Fsp3) is 0.400. The highest BCUT2D eigenvalue weighted by molar-refractivity contribution is 8.00. The lowest BCUT2D eigenvalue weighted by Crippen LogP contribution is -2.37. The summed E-state index contributed by atoms with van der Waals surface area (Å²) >= 11 is 1.41. The van der Waals surface area contributed by atoms with Crippen molar-refractivity contribution in [2.45, 2.75) is 62.1 Å². The van der Waals surface area contributed by atoms with Crippen molar-refractivity contribution in [3.8, 4) is 17.2 Å². The first-order chi connectivity index (χ1) is 16.1. The molecule has 1 amide bonds. The Morgan fingerprint density at radius 3 is 2.39 bits per heavy atom. The molecular weight excluding hydrogens is 436 g/mol. The van der Waals surface area contributed by atoms with Gasteiger partial charge in [-0.05, 0) is 51.0 Å².